The molecular formula is C13H17BrN4O2S. The Morgan fingerprint density at radius 2 is 2.33 bits per heavy atom. The van der Waals surface area contributed by atoms with Gasteiger partial charge < -0.3 is 14.6 Å². The summed E-state index contributed by atoms with van der Waals surface area (Å²) in [6.45, 7) is 4.82. The molecule has 6 nitrogen and oxygen atoms in total. The molecule has 3 heterocycles. The number of ether oxygens (including phenoxy) is 1. The maximum Gasteiger partial charge on any atom is 0.271 e. The van der Waals surface area contributed by atoms with E-state index in [0.717, 1.165) is 39.6 Å². The van der Waals surface area contributed by atoms with Crippen LogP contribution in [0.3, 0.4) is 0 Å². The summed E-state index contributed by atoms with van der Waals surface area (Å²) in [5, 5.41) is 7.50. The van der Waals surface area contributed by atoms with Gasteiger partial charge in [0.15, 0.2) is 11.6 Å². The number of likely N-dealkylation sites (N-methyl/N-ethyl adjacent to an activating group) is 1. The second-order valence-electron chi connectivity index (χ2n) is 4.99. The zero-order valence-corrected chi connectivity index (χ0v) is 14.5. The van der Waals surface area contributed by atoms with Crippen molar-refractivity contribution in [3.8, 4) is 16.5 Å². The molecule has 0 aliphatic carbocycles. The van der Waals surface area contributed by atoms with Crippen LogP contribution >= 0.6 is 27.3 Å². The summed E-state index contributed by atoms with van der Waals surface area (Å²) in [6.07, 6.45) is 0. The Kier molecular flexibility index (Phi) is 4.30. The number of hydrogen-bond acceptors (Lipinski definition) is 7. The Morgan fingerprint density at radius 1 is 1.52 bits per heavy atom. The van der Waals surface area contributed by atoms with Crippen LogP contribution in [0, 0.1) is 6.92 Å². The Bertz CT molecular complexity index is 642. The lowest BCUT2D eigenvalue weighted by atomic mass is 10.2. The van der Waals surface area contributed by atoms with Gasteiger partial charge in [-0.1, -0.05) is 5.16 Å². The predicted molar refractivity (Wildman–Crippen MR) is 84.8 cm³/mol. The van der Waals surface area contributed by atoms with Crippen LogP contribution in [-0.2, 0) is 0 Å². The van der Waals surface area contributed by atoms with Crippen molar-refractivity contribution < 1.29 is 9.26 Å². The fraction of sp³-hybridized carbons (Fsp3) is 0.538. The molecule has 0 spiro atoms. The van der Waals surface area contributed by atoms with Crippen molar-refractivity contribution in [3.05, 3.63) is 15.2 Å². The molecule has 8 heteroatoms. The SMILES string of the molecule is COc1c(-c2nc(C3CNCCN3C)no2)sc(C)c1Br. The first kappa shape index (κ1) is 15.0. The van der Waals surface area contributed by atoms with Crippen molar-refractivity contribution >= 4 is 27.3 Å². The molecule has 2 aromatic heterocycles. The molecule has 0 radical (unpaired) electrons. The average molecular weight is 373 g/mol. The molecule has 0 amide bonds. The Hall–Kier alpha value is -0.960. The number of aryl methyl sites for hydroxylation is 1. The van der Waals surface area contributed by atoms with Crippen molar-refractivity contribution in [2.24, 2.45) is 0 Å². The molecule has 0 saturated carbocycles. The third kappa shape index (κ3) is 2.73. The van der Waals surface area contributed by atoms with Gasteiger partial charge in [0.25, 0.3) is 5.89 Å². The minimum atomic E-state index is 0.145. The highest BCUT2D eigenvalue weighted by Crippen LogP contribution is 2.44. The summed E-state index contributed by atoms with van der Waals surface area (Å²) in [4.78, 5) is 8.79. The van der Waals surface area contributed by atoms with Crippen molar-refractivity contribution in [2.45, 2.75) is 13.0 Å². The Morgan fingerprint density at radius 3 is 3.05 bits per heavy atom. The first-order valence-corrected chi connectivity index (χ1v) is 8.30. The molecule has 1 aliphatic heterocycles. The van der Waals surface area contributed by atoms with Crippen molar-refractivity contribution in [3.63, 3.8) is 0 Å². The average Bonchev–Trinajstić information content (AvgIpc) is 3.06. The van der Waals surface area contributed by atoms with E-state index < -0.39 is 0 Å². The van der Waals surface area contributed by atoms with E-state index in [0.29, 0.717) is 11.7 Å². The minimum Gasteiger partial charge on any atom is -0.494 e. The largest absolute Gasteiger partial charge is 0.494 e. The predicted octanol–water partition coefficient (Wildman–Crippen LogP) is 2.45. The Labute approximate surface area is 135 Å². The first-order chi connectivity index (χ1) is 10.1. The molecule has 3 rings (SSSR count). The van der Waals surface area contributed by atoms with Crippen molar-refractivity contribution in [1.82, 2.24) is 20.4 Å². The lowest BCUT2D eigenvalue weighted by Crippen LogP contribution is -2.44. The lowest BCUT2D eigenvalue weighted by molar-refractivity contribution is 0.190. The number of halogens is 1. The number of thiophene rings is 1. The molecule has 1 fully saturated rings. The zero-order valence-electron chi connectivity index (χ0n) is 12.1. The third-order valence-electron chi connectivity index (χ3n) is 3.62. The molecule has 1 N–H and O–H groups in total. The number of methoxy groups -OCH3 is 1. The van der Waals surface area contributed by atoms with Crippen LogP contribution in [0.1, 0.15) is 16.7 Å². The molecule has 1 atom stereocenters. The van der Waals surface area contributed by atoms with Crippen LogP contribution in [0.15, 0.2) is 9.00 Å². The van der Waals surface area contributed by atoms with E-state index in [9.17, 15) is 0 Å². The van der Waals surface area contributed by atoms with E-state index >= 15 is 0 Å². The van der Waals surface area contributed by atoms with Gasteiger partial charge in [-0.05, 0) is 29.9 Å². The molecule has 0 bridgehead atoms. The summed E-state index contributed by atoms with van der Waals surface area (Å²) in [7, 11) is 3.72. The third-order valence-corrected chi connectivity index (χ3v) is 5.91. The topological polar surface area (TPSA) is 63.4 Å². The number of nitrogens with zero attached hydrogens (tertiary/aromatic N) is 3. The fourth-order valence-corrected chi connectivity index (χ4v) is 4.05. The van der Waals surface area contributed by atoms with Crippen LogP contribution < -0.4 is 10.1 Å². The minimum absolute atomic E-state index is 0.145. The second-order valence-corrected chi connectivity index (χ2v) is 7.01. The zero-order chi connectivity index (χ0) is 15.0. The van der Waals surface area contributed by atoms with Gasteiger partial charge in [0.05, 0.1) is 17.6 Å². The van der Waals surface area contributed by atoms with Crippen LogP contribution in [0.4, 0.5) is 0 Å². The van der Waals surface area contributed by atoms with Gasteiger partial charge in [0.2, 0.25) is 0 Å². The summed E-state index contributed by atoms with van der Waals surface area (Å²) in [5.74, 6) is 1.98. The summed E-state index contributed by atoms with van der Waals surface area (Å²) in [5.41, 5.74) is 0. The van der Waals surface area contributed by atoms with Gasteiger partial charge in [0, 0.05) is 24.5 Å². The second kappa shape index (κ2) is 6.04. The molecule has 114 valence electrons. The van der Waals surface area contributed by atoms with Crippen LogP contribution in [-0.4, -0.2) is 48.8 Å². The maximum absolute atomic E-state index is 5.46. The first-order valence-electron chi connectivity index (χ1n) is 6.69. The van der Waals surface area contributed by atoms with E-state index in [4.69, 9.17) is 9.26 Å². The van der Waals surface area contributed by atoms with Crippen LogP contribution in [0.5, 0.6) is 5.75 Å². The van der Waals surface area contributed by atoms with E-state index in [1.165, 1.54) is 0 Å². The van der Waals surface area contributed by atoms with E-state index in [-0.39, 0.29) is 6.04 Å². The number of aromatic nitrogens is 2. The van der Waals surface area contributed by atoms with Crippen LogP contribution in [0.2, 0.25) is 0 Å². The molecular weight excluding hydrogens is 356 g/mol. The van der Waals surface area contributed by atoms with Gasteiger partial charge in [-0.3, -0.25) is 4.90 Å². The fourth-order valence-electron chi connectivity index (χ4n) is 2.38. The number of nitrogens with one attached hydrogen (secondary N) is 1. The van der Waals surface area contributed by atoms with Gasteiger partial charge in [-0.15, -0.1) is 11.3 Å². The molecule has 0 aromatic carbocycles. The smallest absolute Gasteiger partial charge is 0.271 e. The maximum atomic E-state index is 5.46. The van der Waals surface area contributed by atoms with Crippen LogP contribution in [0.25, 0.3) is 10.8 Å². The number of hydrogen-bond donors (Lipinski definition) is 1. The highest BCUT2D eigenvalue weighted by molar-refractivity contribution is 9.10. The molecule has 2 aromatic rings. The lowest BCUT2D eigenvalue weighted by Gasteiger charge is -2.30. The van der Waals surface area contributed by atoms with Crippen molar-refractivity contribution in [2.75, 3.05) is 33.8 Å². The normalized spacial score (nSPS) is 19.9. The quantitative estimate of drug-likeness (QED) is 0.892. The monoisotopic (exact) mass is 372 g/mol. The summed E-state index contributed by atoms with van der Waals surface area (Å²) >= 11 is 5.11. The number of piperazine rings is 1. The standard InChI is InChI=1S/C13H17BrN4O2S/c1-7-9(14)10(19-3)11(21-7)13-16-12(17-20-13)8-6-15-4-5-18(8)2/h8,15H,4-6H2,1-3H3. The summed E-state index contributed by atoms with van der Waals surface area (Å²) < 4.78 is 11.8. The molecule has 1 unspecified atom stereocenters. The number of rotatable bonds is 3. The van der Waals surface area contributed by atoms with Gasteiger partial charge in [-0.25, -0.2) is 0 Å². The van der Waals surface area contributed by atoms with E-state index in [2.05, 4.69) is 43.3 Å². The summed E-state index contributed by atoms with van der Waals surface area (Å²) in [6, 6.07) is 0.145. The van der Waals surface area contributed by atoms with Gasteiger partial charge in [0.1, 0.15) is 4.88 Å². The van der Waals surface area contributed by atoms with Gasteiger partial charge in [-0.2, -0.15) is 4.98 Å². The Balaban J connectivity index is 1.93. The van der Waals surface area contributed by atoms with Crippen molar-refractivity contribution in [1.29, 1.82) is 0 Å². The molecule has 21 heavy (non-hydrogen) atoms. The highest BCUT2D eigenvalue weighted by atomic mass is 79.9. The highest BCUT2D eigenvalue weighted by Gasteiger charge is 2.27. The van der Waals surface area contributed by atoms with E-state index in [1.807, 2.05) is 6.92 Å². The van der Waals surface area contributed by atoms with E-state index in [1.54, 1.807) is 18.4 Å². The van der Waals surface area contributed by atoms with Gasteiger partial charge >= 0.3 is 0 Å². The molecule has 1 saturated heterocycles. The molecule has 1 aliphatic rings.